The molecule has 3 aromatic rings. The Bertz CT molecular complexity index is 1010. The summed E-state index contributed by atoms with van der Waals surface area (Å²) in [6, 6.07) is 15.0. The lowest BCUT2D eigenvalue weighted by molar-refractivity contribution is -0.120. The van der Waals surface area contributed by atoms with Crippen molar-refractivity contribution in [2.24, 2.45) is 0 Å². The number of ether oxygens (including phenoxy) is 2. The van der Waals surface area contributed by atoms with Crippen molar-refractivity contribution in [2.45, 2.75) is 23.8 Å². The highest BCUT2D eigenvalue weighted by Crippen LogP contribution is 2.31. The topological polar surface area (TPSA) is 78.3 Å². The molecule has 1 unspecified atom stereocenters. The Labute approximate surface area is 191 Å². The molecule has 0 aliphatic heterocycles. The van der Waals surface area contributed by atoms with Crippen molar-refractivity contribution < 1.29 is 14.3 Å². The highest BCUT2D eigenvalue weighted by molar-refractivity contribution is 8.00. The van der Waals surface area contributed by atoms with Crippen molar-refractivity contribution in [1.29, 1.82) is 0 Å². The van der Waals surface area contributed by atoms with Crippen LogP contribution in [0.4, 0.5) is 0 Å². The second kappa shape index (κ2) is 11.2. The van der Waals surface area contributed by atoms with E-state index in [1.807, 2.05) is 60.0 Å². The minimum Gasteiger partial charge on any atom is -0.497 e. The number of hydrogen-bond donors (Lipinski definition) is 1. The Morgan fingerprint density at radius 2 is 1.97 bits per heavy atom. The van der Waals surface area contributed by atoms with E-state index >= 15 is 0 Å². The van der Waals surface area contributed by atoms with E-state index in [1.54, 1.807) is 14.2 Å². The van der Waals surface area contributed by atoms with Gasteiger partial charge in [-0.05, 0) is 49.7 Å². The van der Waals surface area contributed by atoms with Crippen LogP contribution < -0.4 is 10.1 Å². The zero-order valence-corrected chi connectivity index (χ0v) is 19.2. The molecule has 2 aromatic carbocycles. The fourth-order valence-corrected chi connectivity index (χ4v) is 3.92. The van der Waals surface area contributed by atoms with Gasteiger partial charge in [-0.15, -0.1) is 10.2 Å². The minimum atomic E-state index is -0.351. The molecule has 0 spiro atoms. The first kappa shape index (κ1) is 23.1. The molecule has 1 amide bonds. The molecule has 0 saturated heterocycles. The number of rotatable bonds is 10. The van der Waals surface area contributed by atoms with Crippen molar-refractivity contribution in [2.75, 3.05) is 27.4 Å². The number of nitrogens with zero attached hydrogens (tertiary/aromatic N) is 3. The number of hydrogen-bond acceptors (Lipinski definition) is 6. The Hall–Kier alpha value is -2.55. The smallest absolute Gasteiger partial charge is 0.233 e. The van der Waals surface area contributed by atoms with Gasteiger partial charge in [-0.25, -0.2) is 0 Å². The molecule has 0 fully saturated rings. The Morgan fingerprint density at radius 1 is 1.19 bits per heavy atom. The van der Waals surface area contributed by atoms with Gasteiger partial charge < -0.3 is 14.8 Å². The van der Waals surface area contributed by atoms with Crippen LogP contribution in [0.5, 0.6) is 5.75 Å². The number of aromatic nitrogens is 3. The summed E-state index contributed by atoms with van der Waals surface area (Å²) in [5.74, 6) is 1.31. The molecule has 1 atom stereocenters. The third kappa shape index (κ3) is 6.00. The van der Waals surface area contributed by atoms with E-state index in [4.69, 9.17) is 21.1 Å². The molecule has 31 heavy (non-hydrogen) atoms. The van der Waals surface area contributed by atoms with Gasteiger partial charge in [-0.1, -0.05) is 35.5 Å². The van der Waals surface area contributed by atoms with Gasteiger partial charge in [0.05, 0.1) is 12.4 Å². The number of nitrogens with one attached hydrogen (secondary N) is 1. The van der Waals surface area contributed by atoms with Crippen molar-refractivity contribution >= 4 is 29.3 Å². The van der Waals surface area contributed by atoms with E-state index < -0.39 is 0 Å². The van der Waals surface area contributed by atoms with Gasteiger partial charge in [0.2, 0.25) is 5.91 Å². The average molecular weight is 461 g/mol. The number of benzene rings is 2. The van der Waals surface area contributed by atoms with E-state index in [-0.39, 0.29) is 11.2 Å². The van der Waals surface area contributed by atoms with E-state index in [9.17, 15) is 4.79 Å². The molecule has 164 valence electrons. The molecule has 0 aliphatic carbocycles. The first-order valence-corrected chi connectivity index (χ1v) is 11.1. The van der Waals surface area contributed by atoms with E-state index in [2.05, 4.69) is 15.5 Å². The van der Waals surface area contributed by atoms with Gasteiger partial charge >= 0.3 is 0 Å². The van der Waals surface area contributed by atoms with Gasteiger partial charge in [-0.3, -0.25) is 9.36 Å². The predicted molar refractivity (Wildman–Crippen MR) is 123 cm³/mol. The Morgan fingerprint density at radius 3 is 2.68 bits per heavy atom. The standard InChI is InChI=1S/C22H25ClN4O3S/c1-15(21(28)24-12-5-13-29-2)31-22-26-25-20(16-6-4-7-19(14-16)30-3)27(22)18-10-8-17(23)9-11-18/h4,6-11,14-15H,5,12-13H2,1-3H3,(H,24,28). The van der Waals surface area contributed by atoms with Gasteiger partial charge in [0.1, 0.15) is 5.75 Å². The molecule has 1 heterocycles. The summed E-state index contributed by atoms with van der Waals surface area (Å²) < 4.78 is 12.3. The first-order valence-electron chi connectivity index (χ1n) is 9.82. The van der Waals surface area contributed by atoms with Crippen LogP contribution in [-0.2, 0) is 9.53 Å². The molecular weight excluding hydrogens is 436 g/mol. The average Bonchev–Trinajstić information content (AvgIpc) is 3.20. The highest BCUT2D eigenvalue weighted by Gasteiger charge is 2.22. The van der Waals surface area contributed by atoms with E-state index in [0.29, 0.717) is 29.2 Å². The van der Waals surface area contributed by atoms with Crippen LogP contribution in [0.1, 0.15) is 13.3 Å². The predicted octanol–water partition coefficient (Wildman–Crippen LogP) is 4.23. The molecule has 0 saturated carbocycles. The molecule has 0 aliphatic rings. The maximum absolute atomic E-state index is 12.5. The van der Waals surface area contributed by atoms with Crippen LogP contribution in [0.3, 0.4) is 0 Å². The summed E-state index contributed by atoms with van der Waals surface area (Å²) in [6.45, 7) is 3.02. The molecular formula is C22H25ClN4O3S. The third-order valence-corrected chi connectivity index (χ3v) is 5.82. The number of carbonyl (C=O) groups excluding carboxylic acids is 1. The van der Waals surface area contributed by atoms with Crippen LogP contribution in [0.15, 0.2) is 53.7 Å². The van der Waals surface area contributed by atoms with Crippen LogP contribution >= 0.6 is 23.4 Å². The molecule has 0 radical (unpaired) electrons. The molecule has 9 heteroatoms. The third-order valence-electron chi connectivity index (χ3n) is 4.52. The lowest BCUT2D eigenvalue weighted by Crippen LogP contribution is -2.32. The Kier molecular flexibility index (Phi) is 8.34. The number of methoxy groups -OCH3 is 2. The van der Waals surface area contributed by atoms with Crippen molar-refractivity contribution in [3.05, 3.63) is 53.6 Å². The summed E-state index contributed by atoms with van der Waals surface area (Å²) in [4.78, 5) is 12.5. The maximum atomic E-state index is 12.5. The van der Waals surface area contributed by atoms with Gasteiger partial charge in [0.25, 0.3) is 0 Å². The summed E-state index contributed by atoms with van der Waals surface area (Å²) >= 11 is 7.43. The fraction of sp³-hybridized carbons (Fsp3) is 0.318. The van der Waals surface area contributed by atoms with E-state index in [0.717, 1.165) is 23.4 Å². The van der Waals surface area contributed by atoms with Crippen LogP contribution in [0.2, 0.25) is 5.02 Å². The monoisotopic (exact) mass is 460 g/mol. The van der Waals surface area contributed by atoms with Crippen LogP contribution in [0.25, 0.3) is 17.1 Å². The maximum Gasteiger partial charge on any atom is 0.233 e. The molecule has 1 aromatic heterocycles. The van der Waals surface area contributed by atoms with Gasteiger partial charge in [0.15, 0.2) is 11.0 Å². The summed E-state index contributed by atoms with van der Waals surface area (Å²) in [5, 5.41) is 12.6. The van der Waals surface area contributed by atoms with Gasteiger partial charge in [-0.2, -0.15) is 0 Å². The molecule has 1 N–H and O–H groups in total. The summed E-state index contributed by atoms with van der Waals surface area (Å²) in [6.07, 6.45) is 0.764. The SMILES string of the molecule is COCCCNC(=O)C(C)Sc1nnc(-c2cccc(OC)c2)n1-c1ccc(Cl)cc1. The zero-order chi connectivity index (χ0) is 22.2. The lowest BCUT2D eigenvalue weighted by Gasteiger charge is -2.14. The Balaban J connectivity index is 1.90. The van der Waals surface area contributed by atoms with Gasteiger partial charge in [0, 0.05) is 36.5 Å². The van der Waals surface area contributed by atoms with Crippen LogP contribution in [-0.4, -0.2) is 53.3 Å². The molecule has 3 rings (SSSR count). The summed E-state index contributed by atoms with van der Waals surface area (Å²) in [5.41, 5.74) is 1.70. The lowest BCUT2D eigenvalue weighted by atomic mass is 10.2. The second-order valence-corrected chi connectivity index (χ2v) is 8.49. The molecule has 7 nitrogen and oxygen atoms in total. The minimum absolute atomic E-state index is 0.0605. The number of carbonyl (C=O) groups is 1. The second-order valence-electron chi connectivity index (χ2n) is 6.75. The fourth-order valence-electron chi connectivity index (χ4n) is 2.90. The first-order chi connectivity index (χ1) is 15.0. The molecule has 0 bridgehead atoms. The van der Waals surface area contributed by atoms with Crippen molar-refractivity contribution in [1.82, 2.24) is 20.1 Å². The number of thioether (sulfide) groups is 1. The number of halogens is 1. The largest absolute Gasteiger partial charge is 0.497 e. The quantitative estimate of drug-likeness (QED) is 0.360. The van der Waals surface area contributed by atoms with Crippen molar-refractivity contribution in [3.8, 4) is 22.8 Å². The number of amides is 1. The van der Waals surface area contributed by atoms with E-state index in [1.165, 1.54) is 11.8 Å². The summed E-state index contributed by atoms with van der Waals surface area (Å²) in [7, 11) is 3.26. The normalized spacial score (nSPS) is 11.9. The highest BCUT2D eigenvalue weighted by atomic mass is 35.5. The van der Waals surface area contributed by atoms with Crippen LogP contribution in [0, 0.1) is 0 Å². The van der Waals surface area contributed by atoms with Crippen molar-refractivity contribution in [3.63, 3.8) is 0 Å². The zero-order valence-electron chi connectivity index (χ0n) is 17.7.